The van der Waals surface area contributed by atoms with Crippen LogP contribution in [-0.4, -0.2) is 19.7 Å². The highest BCUT2D eigenvalue weighted by molar-refractivity contribution is 7.26. The van der Waals surface area contributed by atoms with Crippen LogP contribution in [0.15, 0.2) is 36.8 Å². The number of thiophene rings is 1. The Morgan fingerprint density at radius 3 is 2.82 bits per heavy atom. The van der Waals surface area contributed by atoms with Crippen molar-refractivity contribution in [2.45, 2.75) is 13.5 Å². The summed E-state index contributed by atoms with van der Waals surface area (Å²) in [6, 6.07) is 6.05. The highest BCUT2D eigenvalue weighted by Crippen LogP contribution is 2.38. The molecule has 4 heterocycles. The van der Waals surface area contributed by atoms with E-state index in [2.05, 4.69) is 27.3 Å². The second-order valence-electron chi connectivity index (χ2n) is 5.27. The minimum Gasteiger partial charge on any atom is -0.363 e. The van der Waals surface area contributed by atoms with E-state index < -0.39 is 0 Å². The summed E-state index contributed by atoms with van der Waals surface area (Å²) in [4.78, 5) is 9.60. The third kappa shape index (κ3) is 2.03. The van der Waals surface area contributed by atoms with Crippen LogP contribution in [0.5, 0.6) is 0 Å². The standard InChI is InChI=1S/C16H15N5S/c1-10-3-8-18-16-12(10)13-14(22-16)15(20-21(13)2)19-9-11-4-6-17-7-5-11/h3-8H,9H2,1-2H3,(H,19,20). The van der Waals surface area contributed by atoms with Crippen molar-refractivity contribution in [1.82, 2.24) is 19.7 Å². The van der Waals surface area contributed by atoms with Crippen LogP contribution in [0, 0.1) is 6.92 Å². The fraction of sp³-hybridized carbons (Fsp3) is 0.188. The van der Waals surface area contributed by atoms with Crippen molar-refractivity contribution in [3.05, 3.63) is 47.9 Å². The molecule has 0 aliphatic rings. The Balaban J connectivity index is 1.79. The molecule has 0 fully saturated rings. The minimum absolute atomic E-state index is 0.731. The van der Waals surface area contributed by atoms with Crippen LogP contribution in [0.1, 0.15) is 11.1 Å². The van der Waals surface area contributed by atoms with E-state index in [0.717, 1.165) is 27.4 Å². The van der Waals surface area contributed by atoms with Crippen molar-refractivity contribution in [1.29, 1.82) is 0 Å². The lowest BCUT2D eigenvalue weighted by atomic mass is 10.2. The molecule has 0 bridgehead atoms. The molecule has 0 radical (unpaired) electrons. The lowest BCUT2D eigenvalue weighted by Crippen LogP contribution is -2.01. The number of hydrogen-bond acceptors (Lipinski definition) is 5. The SMILES string of the molecule is Cc1ccnc2sc3c(NCc4ccncc4)nn(C)c3c12. The van der Waals surface area contributed by atoms with E-state index in [1.54, 1.807) is 23.7 Å². The fourth-order valence-corrected chi connectivity index (χ4v) is 3.88. The number of hydrogen-bond donors (Lipinski definition) is 1. The molecule has 0 amide bonds. The number of anilines is 1. The fourth-order valence-electron chi connectivity index (χ4n) is 2.67. The van der Waals surface area contributed by atoms with Gasteiger partial charge in [-0.3, -0.25) is 9.67 Å². The molecule has 0 spiro atoms. The van der Waals surface area contributed by atoms with E-state index >= 15 is 0 Å². The predicted molar refractivity (Wildman–Crippen MR) is 90.2 cm³/mol. The van der Waals surface area contributed by atoms with Crippen molar-refractivity contribution in [2.75, 3.05) is 5.32 Å². The van der Waals surface area contributed by atoms with Crippen LogP contribution in [0.2, 0.25) is 0 Å². The Morgan fingerprint density at radius 1 is 1.18 bits per heavy atom. The van der Waals surface area contributed by atoms with Gasteiger partial charge >= 0.3 is 0 Å². The third-order valence-electron chi connectivity index (χ3n) is 3.77. The van der Waals surface area contributed by atoms with E-state index in [9.17, 15) is 0 Å². The average Bonchev–Trinajstić information content (AvgIpc) is 3.05. The first-order valence-corrected chi connectivity index (χ1v) is 7.89. The molecule has 0 saturated carbocycles. The number of fused-ring (bicyclic) bond motifs is 3. The summed E-state index contributed by atoms with van der Waals surface area (Å²) < 4.78 is 3.10. The molecule has 0 unspecified atom stereocenters. The number of nitrogens with one attached hydrogen (secondary N) is 1. The Morgan fingerprint density at radius 2 is 2.00 bits per heavy atom. The molecule has 4 aromatic heterocycles. The van der Waals surface area contributed by atoms with E-state index in [0.29, 0.717) is 0 Å². The molecular weight excluding hydrogens is 294 g/mol. The normalized spacial score (nSPS) is 11.4. The number of pyridine rings is 2. The van der Waals surface area contributed by atoms with Crippen molar-refractivity contribution in [2.24, 2.45) is 7.05 Å². The number of rotatable bonds is 3. The van der Waals surface area contributed by atoms with E-state index in [1.165, 1.54) is 16.5 Å². The maximum absolute atomic E-state index is 4.63. The number of nitrogens with zero attached hydrogens (tertiary/aromatic N) is 4. The summed E-state index contributed by atoms with van der Waals surface area (Å²) in [5, 5.41) is 9.26. The van der Waals surface area contributed by atoms with Crippen LogP contribution in [0.3, 0.4) is 0 Å². The van der Waals surface area contributed by atoms with Gasteiger partial charge in [0, 0.05) is 37.6 Å². The molecule has 110 valence electrons. The van der Waals surface area contributed by atoms with Gasteiger partial charge in [0.2, 0.25) is 0 Å². The van der Waals surface area contributed by atoms with Gasteiger partial charge in [-0.05, 0) is 36.2 Å². The molecule has 0 aliphatic heterocycles. The molecule has 0 aliphatic carbocycles. The summed E-state index contributed by atoms with van der Waals surface area (Å²) in [6.07, 6.45) is 5.47. The van der Waals surface area contributed by atoms with Crippen LogP contribution in [0.4, 0.5) is 5.82 Å². The topological polar surface area (TPSA) is 55.6 Å². The Hall–Kier alpha value is -2.47. The summed E-state index contributed by atoms with van der Waals surface area (Å²) in [6.45, 7) is 2.85. The second kappa shape index (κ2) is 5.06. The van der Waals surface area contributed by atoms with Gasteiger partial charge in [0.1, 0.15) is 4.83 Å². The van der Waals surface area contributed by atoms with E-state index in [4.69, 9.17) is 0 Å². The second-order valence-corrected chi connectivity index (χ2v) is 6.27. The van der Waals surface area contributed by atoms with Gasteiger partial charge in [-0.25, -0.2) is 4.98 Å². The van der Waals surface area contributed by atoms with E-state index in [1.807, 2.05) is 36.1 Å². The first-order chi connectivity index (χ1) is 10.7. The largest absolute Gasteiger partial charge is 0.363 e. The van der Waals surface area contributed by atoms with Crippen LogP contribution >= 0.6 is 11.3 Å². The molecule has 22 heavy (non-hydrogen) atoms. The molecule has 1 N–H and O–H groups in total. The summed E-state index contributed by atoms with van der Waals surface area (Å²) in [7, 11) is 1.98. The van der Waals surface area contributed by atoms with Crippen LogP contribution < -0.4 is 5.32 Å². The molecule has 6 heteroatoms. The zero-order chi connectivity index (χ0) is 15.1. The molecule has 5 nitrogen and oxygen atoms in total. The first-order valence-electron chi connectivity index (χ1n) is 7.07. The van der Waals surface area contributed by atoms with Crippen molar-refractivity contribution in [3.8, 4) is 0 Å². The Kier molecular flexibility index (Phi) is 3.04. The highest BCUT2D eigenvalue weighted by atomic mass is 32.1. The molecule has 0 atom stereocenters. The monoisotopic (exact) mass is 309 g/mol. The van der Waals surface area contributed by atoms with Crippen molar-refractivity contribution in [3.63, 3.8) is 0 Å². The van der Waals surface area contributed by atoms with Crippen molar-refractivity contribution >= 4 is 37.6 Å². The zero-order valence-electron chi connectivity index (χ0n) is 12.4. The minimum atomic E-state index is 0.731. The van der Waals surface area contributed by atoms with Gasteiger partial charge < -0.3 is 5.32 Å². The van der Waals surface area contributed by atoms with Crippen molar-refractivity contribution < 1.29 is 0 Å². The number of aryl methyl sites for hydroxylation is 2. The zero-order valence-corrected chi connectivity index (χ0v) is 13.2. The summed E-state index contributed by atoms with van der Waals surface area (Å²) in [5.41, 5.74) is 3.58. The molecule has 0 saturated heterocycles. The Labute approximate surface area is 131 Å². The highest BCUT2D eigenvalue weighted by Gasteiger charge is 2.17. The van der Waals surface area contributed by atoms with Gasteiger partial charge in [-0.1, -0.05) is 0 Å². The average molecular weight is 309 g/mol. The third-order valence-corrected chi connectivity index (χ3v) is 4.87. The summed E-state index contributed by atoms with van der Waals surface area (Å²) >= 11 is 1.69. The molecule has 0 aromatic carbocycles. The maximum atomic E-state index is 4.63. The predicted octanol–water partition coefficient (Wildman–Crippen LogP) is 3.50. The molecule has 4 rings (SSSR count). The van der Waals surface area contributed by atoms with Gasteiger partial charge in [-0.15, -0.1) is 11.3 Å². The van der Waals surface area contributed by atoms with E-state index in [-0.39, 0.29) is 0 Å². The lowest BCUT2D eigenvalue weighted by molar-refractivity contribution is 0.799. The summed E-state index contributed by atoms with van der Waals surface area (Å²) in [5.74, 6) is 0.914. The first kappa shape index (κ1) is 13.2. The van der Waals surface area contributed by atoms with Gasteiger partial charge in [0.25, 0.3) is 0 Å². The van der Waals surface area contributed by atoms with Gasteiger partial charge in [0.15, 0.2) is 5.82 Å². The molecular formula is C16H15N5S. The van der Waals surface area contributed by atoms with Gasteiger partial charge in [-0.2, -0.15) is 5.10 Å². The Bertz CT molecular complexity index is 955. The van der Waals surface area contributed by atoms with Crippen LogP contribution in [-0.2, 0) is 13.6 Å². The molecule has 4 aromatic rings. The smallest absolute Gasteiger partial charge is 0.166 e. The maximum Gasteiger partial charge on any atom is 0.166 e. The lowest BCUT2D eigenvalue weighted by Gasteiger charge is -2.02. The van der Waals surface area contributed by atoms with Gasteiger partial charge in [0.05, 0.1) is 10.2 Å². The van der Waals surface area contributed by atoms with Crippen LogP contribution in [0.25, 0.3) is 20.4 Å². The number of aromatic nitrogens is 4. The quantitative estimate of drug-likeness (QED) is 0.629.